The number of rotatable bonds is 4. The summed E-state index contributed by atoms with van der Waals surface area (Å²) in [6.07, 6.45) is 0. The van der Waals surface area contributed by atoms with Gasteiger partial charge in [-0.15, -0.1) is 0 Å². The van der Waals surface area contributed by atoms with Crippen molar-refractivity contribution in [2.45, 2.75) is 6.92 Å². The second-order valence-corrected chi connectivity index (χ2v) is 6.48. The number of hydrogen-bond acceptors (Lipinski definition) is 3. The Morgan fingerprint density at radius 2 is 1.89 bits per heavy atom. The average molecular weight is 265 g/mol. The Kier molecular flexibility index (Phi) is 4.66. The molecule has 0 N–H and O–H groups in total. The SMILES string of the molecule is CC(CN1CCS(=O)CC1)C(=O)c1ccccc1. The van der Waals surface area contributed by atoms with Crippen LogP contribution < -0.4 is 0 Å². The van der Waals surface area contributed by atoms with Crippen molar-refractivity contribution in [2.24, 2.45) is 5.92 Å². The Morgan fingerprint density at radius 1 is 1.28 bits per heavy atom. The van der Waals surface area contributed by atoms with Gasteiger partial charge in [-0.25, -0.2) is 0 Å². The zero-order chi connectivity index (χ0) is 13.0. The molecular formula is C14H19NO2S. The third-order valence-electron chi connectivity index (χ3n) is 3.31. The summed E-state index contributed by atoms with van der Waals surface area (Å²) in [5.41, 5.74) is 0.783. The normalized spacial score (nSPS) is 19.6. The van der Waals surface area contributed by atoms with Crippen molar-refractivity contribution in [3.05, 3.63) is 35.9 Å². The van der Waals surface area contributed by atoms with E-state index in [0.29, 0.717) is 0 Å². The zero-order valence-corrected chi connectivity index (χ0v) is 11.5. The standard InChI is InChI=1S/C14H19NO2S/c1-12(11-15-7-9-18(17)10-8-15)14(16)13-5-3-2-4-6-13/h2-6,12H,7-11H2,1H3. The van der Waals surface area contributed by atoms with E-state index in [1.165, 1.54) is 0 Å². The van der Waals surface area contributed by atoms with Gasteiger partial charge in [0.05, 0.1) is 0 Å². The van der Waals surface area contributed by atoms with Gasteiger partial charge in [-0.1, -0.05) is 37.3 Å². The van der Waals surface area contributed by atoms with E-state index in [1.807, 2.05) is 37.3 Å². The van der Waals surface area contributed by atoms with Gasteiger partial charge in [0.1, 0.15) is 0 Å². The van der Waals surface area contributed by atoms with Gasteiger partial charge in [0, 0.05) is 53.4 Å². The smallest absolute Gasteiger partial charge is 0.166 e. The summed E-state index contributed by atoms with van der Waals surface area (Å²) < 4.78 is 11.3. The fourth-order valence-corrected chi connectivity index (χ4v) is 3.34. The molecule has 18 heavy (non-hydrogen) atoms. The third kappa shape index (κ3) is 3.50. The molecule has 0 radical (unpaired) electrons. The van der Waals surface area contributed by atoms with Crippen LogP contribution in [0.5, 0.6) is 0 Å². The number of carbonyl (C=O) groups excluding carboxylic acids is 1. The predicted molar refractivity (Wildman–Crippen MR) is 74.3 cm³/mol. The topological polar surface area (TPSA) is 37.4 Å². The molecule has 4 heteroatoms. The van der Waals surface area contributed by atoms with E-state index in [4.69, 9.17) is 0 Å². The highest BCUT2D eigenvalue weighted by Gasteiger charge is 2.21. The van der Waals surface area contributed by atoms with E-state index in [-0.39, 0.29) is 11.7 Å². The highest BCUT2D eigenvalue weighted by molar-refractivity contribution is 7.85. The summed E-state index contributed by atoms with van der Waals surface area (Å²) >= 11 is 0. The molecule has 1 aliphatic heterocycles. The fraction of sp³-hybridized carbons (Fsp3) is 0.500. The van der Waals surface area contributed by atoms with Gasteiger partial charge in [0.2, 0.25) is 0 Å². The Hall–Kier alpha value is -1.00. The van der Waals surface area contributed by atoms with Crippen molar-refractivity contribution in [3.8, 4) is 0 Å². The maximum Gasteiger partial charge on any atom is 0.166 e. The van der Waals surface area contributed by atoms with Gasteiger partial charge in [-0.2, -0.15) is 0 Å². The van der Waals surface area contributed by atoms with Crippen LogP contribution in [0.1, 0.15) is 17.3 Å². The summed E-state index contributed by atoms with van der Waals surface area (Å²) in [5.74, 6) is 1.68. The van der Waals surface area contributed by atoms with E-state index >= 15 is 0 Å². The van der Waals surface area contributed by atoms with Crippen LogP contribution in [0.3, 0.4) is 0 Å². The second kappa shape index (κ2) is 6.25. The van der Waals surface area contributed by atoms with E-state index < -0.39 is 10.8 Å². The molecule has 0 bridgehead atoms. The number of hydrogen-bond donors (Lipinski definition) is 0. The van der Waals surface area contributed by atoms with E-state index in [1.54, 1.807) is 0 Å². The zero-order valence-electron chi connectivity index (χ0n) is 10.7. The van der Waals surface area contributed by atoms with Crippen molar-refractivity contribution in [1.29, 1.82) is 0 Å². The Morgan fingerprint density at radius 3 is 2.50 bits per heavy atom. The molecule has 0 spiro atoms. The molecule has 1 aromatic rings. The number of ketones is 1. The lowest BCUT2D eigenvalue weighted by Crippen LogP contribution is -2.41. The minimum Gasteiger partial charge on any atom is -0.301 e. The van der Waals surface area contributed by atoms with Crippen LogP contribution in [-0.4, -0.2) is 46.0 Å². The molecule has 0 aromatic heterocycles. The quantitative estimate of drug-likeness (QED) is 0.776. The average Bonchev–Trinajstić information content (AvgIpc) is 2.41. The summed E-state index contributed by atoms with van der Waals surface area (Å²) in [6.45, 7) is 4.43. The minimum atomic E-state index is -0.649. The van der Waals surface area contributed by atoms with Crippen LogP contribution >= 0.6 is 0 Å². The maximum atomic E-state index is 12.2. The van der Waals surface area contributed by atoms with Crippen molar-refractivity contribution in [3.63, 3.8) is 0 Å². The van der Waals surface area contributed by atoms with Gasteiger partial charge < -0.3 is 4.90 Å². The minimum absolute atomic E-state index is 0.000986. The van der Waals surface area contributed by atoms with Gasteiger partial charge >= 0.3 is 0 Å². The van der Waals surface area contributed by atoms with Crippen molar-refractivity contribution < 1.29 is 9.00 Å². The second-order valence-electron chi connectivity index (χ2n) is 4.78. The number of nitrogens with zero attached hydrogens (tertiary/aromatic N) is 1. The lowest BCUT2D eigenvalue weighted by molar-refractivity contribution is 0.0898. The molecule has 1 aliphatic rings. The largest absolute Gasteiger partial charge is 0.301 e. The first-order valence-corrected chi connectivity index (χ1v) is 7.82. The predicted octanol–water partition coefficient (Wildman–Crippen LogP) is 1.57. The lowest BCUT2D eigenvalue weighted by atomic mass is 9.99. The molecule has 1 atom stereocenters. The van der Waals surface area contributed by atoms with Gasteiger partial charge in [-0.05, 0) is 0 Å². The van der Waals surface area contributed by atoms with E-state index in [9.17, 15) is 9.00 Å². The van der Waals surface area contributed by atoms with Crippen LogP contribution in [0.4, 0.5) is 0 Å². The molecule has 0 aliphatic carbocycles. The number of Topliss-reactive ketones (excluding diaryl/α,β-unsaturated/α-hetero) is 1. The molecule has 1 aromatic carbocycles. The number of carbonyl (C=O) groups is 1. The van der Waals surface area contributed by atoms with Crippen LogP contribution in [0, 0.1) is 5.92 Å². The first-order chi connectivity index (χ1) is 8.66. The van der Waals surface area contributed by atoms with Crippen LogP contribution in [-0.2, 0) is 10.8 Å². The fourth-order valence-electron chi connectivity index (χ4n) is 2.22. The lowest BCUT2D eigenvalue weighted by Gasteiger charge is -2.28. The van der Waals surface area contributed by atoms with Crippen LogP contribution in [0.25, 0.3) is 0 Å². The Labute approximate surface area is 111 Å². The molecule has 0 saturated carbocycles. The van der Waals surface area contributed by atoms with Gasteiger partial charge in [-0.3, -0.25) is 9.00 Å². The molecule has 1 saturated heterocycles. The monoisotopic (exact) mass is 265 g/mol. The molecule has 98 valence electrons. The third-order valence-corrected chi connectivity index (χ3v) is 4.58. The maximum absolute atomic E-state index is 12.2. The summed E-state index contributed by atoms with van der Waals surface area (Å²) in [5, 5.41) is 0. The molecule has 0 amide bonds. The molecule has 1 fully saturated rings. The Balaban J connectivity index is 1.90. The highest BCUT2D eigenvalue weighted by atomic mass is 32.2. The molecule has 1 unspecified atom stereocenters. The van der Waals surface area contributed by atoms with E-state index in [2.05, 4.69) is 4.90 Å². The molecular weight excluding hydrogens is 246 g/mol. The van der Waals surface area contributed by atoms with Crippen molar-refractivity contribution in [1.82, 2.24) is 4.90 Å². The van der Waals surface area contributed by atoms with Crippen LogP contribution in [0.15, 0.2) is 30.3 Å². The van der Waals surface area contributed by atoms with Crippen molar-refractivity contribution in [2.75, 3.05) is 31.1 Å². The van der Waals surface area contributed by atoms with Crippen LogP contribution in [0.2, 0.25) is 0 Å². The van der Waals surface area contributed by atoms with Gasteiger partial charge in [0.15, 0.2) is 5.78 Å². The summed E-state index contributed by atoms with van der Waals surface area (Å²) in [7, 11) is -0.649. The molecule has 3 nitrogen and oxygen atoms in total. The first kappa shape index (κ1) is 13.4. The Bertz CT molecular complexity index is 423. The number of benzene rings is 1. The summed E-state index contributed by atoms with van der Waals surface area (Å²) in [6, 6.07) is 9.43. The summed E-state index contributed by atoms with van der Waals surface area (Å²) in [4.78, 5) is 14.4. The highest BCUT2D eigenvalue weighted by Crippen LogP contribution is 2.11. The molecule has 2 rings (SSSR count). The first-order valence-electron chi connectivity index (χ1n) is 6.33. The van der Waals surface area contributed by atoms with Crippen molar-refractivity contribution >= 4 is 16.6 Å². The van der Waals surface area contributed by atoms with Gasteiger partial charge in [0.25, 0.3) is 0 Å². The van der Waals surface area contributed by atoms with E-state index in [0.717, 1.165) is 36.7 Å². The molecule has 1 heterocycles.